The number of amidine groups is 1. The molecule has 4 nitrogen and oxygen atoms in total. The molecule has 0 atom stereocenters. The molecular formula is C26H21FN4. The Hall–Kier alpha value is -3.99. The van der Waals surface area contributed by atoms with E-state index in [0.29, 0.717) is 5.84 Å². The van der Waals surface area contributed by atoms with Crippen molar-refractivity contribution in [3.05, 3.63) is 107 Å². The van der Waals surface area contributed by atoms with Gasteiger partial charge in [0.15, 0.2) is 5.84 Å². The molecule has 4 aromatic carbocycles. The molecule has 0 saturated heterocycles. The quantitative estimate of drug-likeness (QED) is 0.488. The van der Waals surface area contributed by atoms with Crippen molar-refractivity contribution in [2.75, 3.05) is 19.0 Å². The van der Waals surface area contributed by atoms with Crippen LogP contribution in [-0.4, -0.2) is 25.6 Å². The predicted octanol–water partition coefficient (Wildman–Crippen LogP) is 5.48. The second-order valence-corrected chi connectivity index (χ2v) is 7.66. The molecule has 0 saturated carbocycles. The number of nitrogens with one attached hydrogen (secondary N) is 1. The summed E-state index contributed by atoms with van der Waals surface area (Å²) in [4.78, 5) is 7.01. The van der Waals surface area contributed by atoms with Gasteiger partial charge in [0.2, 0.25) is 0 Å². The van der Waals surface area contributed by atoms with Crippen molar-refractivity contribution in [1.82, 2.24) is 5.43 Å². The summed E-state index contributed by atoms with van der Waals surface area (Å²) in [7, 11) is 4.04. The molecule has 152 valence electrons. The van der Waals surface area contributed by atoms with Crippen LogP contribution in [0.15, 0.2) is 95.0 Å². The van der Waals surface area contributed by atoms with Crippen molar-refractivity contribution in [2.24, 2.45) is 10.1 Å². The Labute approximate surface area is 180 Å². The number of hydrazone groups is 1. The molecule has 31 heavy (non-hydrogen) atoms. The first-order chi connectivity index (χ1) is 15.1. The number of aliphatic imine (C=N–C) groups is 1. The first-order valence-electron chi connectivity index (χ1n) is 10.1. The zero-order chi connectivity index (χ0) is 21.4. The van der Waals surface area contributed by atoms with Gasteiger partial charge in [-0.2, -0.15) is 5.10 Å². The molecule has 0 aliphatic carbocycles. The molecule has 5 heteroatoms. The number of benzene rings is 4. The smallest absolute Gasteiger partial charge is 0.154 e. The summed E-state index contributed by atoms with van der Waals surface area (Å²) in [5.41, 5.74) is 8.60. The molecule has 4 aromatic rings. The van der Waals surface area contributed by atoms with E-state index in [-0.39, 0.29) is 5.82 Å². The zero-order valence-electron chi connectivity index (χ0n) is 17.3. The lowest BCUT2D eigenvalue weighted by atomic mass is 9.96. The third kappa shape index (κ3) is 3.55. The molecule has 5 rings (SSSR count). The fraction of sp³-hybridized carbons (Fsp3) is 0.0769. The van der Waals surface area contributed by atoms with Crippen LogP contribution < -0.4 is 10.3 Å². The minimum atomic E-state index is -0.283. The minimum Gasteiger partial charge on any atom is -0.378 e. The molecule has 0 fully saturated rings. The van der Waals surface area contributed by atoms with Gasteiger partial charge in [-0.3, -0.25) is 5.43 Å². The van der Waals surface area contributed by atoms with Crippen LogP contribution in [0, 0.1) is 5.82 Å². The number of halogens is 1. The highest BCUT2D eigenvalue weighted by atomic mass is 19.1. The van der Waals surface area contributed by atoms with Crippen LogP contribution in [0.4, 0.5) is 15.8 Å². The van der Waals surface area contributed by atoms with E-state index in [1.165, 1.54) is 12.1 Å². The largest absolute Gasteiger partial charge is 0.378 e. The Morgan fingerprint density at radius 3 is 2.23 bits per heavy atom. The van der Waals surface area contributed by atoms with Gasteiger partial charge in [-0.05, 0) is 47.9 Å². The van der Waals surface area contributed by atoms with E-state index >= 15 is 0 Å². The maximum Gasteiger partial charge on any atom is 0.154 e. The van der Waals surface area contributed by atoms with Crippen LogP contribution in [-0.2, 0) is 0 Å². The molecule has 1 aliphatic rings. The van der Waals surface area contributed by atoms with Gasteiger partial charge >= 0.3 is 0 Å². The van der Waals surface area contributed by atoms with Gasteiger partial charge in [0.05, 0.1) is 11.4 Å². The monoisotopic (exact) mass is 408 g/mol. The lowest BCUT2D eigenvalue weighted by molar-refractivity contribution is 0.627. The van der Waals surface area contributed by atoms with Crippen molar-refractivity contribution in [2.45, 2.75) is 0 Å². The summed E-state index contributed by atoms with van der Waals surface area (Å²) in [6.07, 6.45) is 0. The highest BCUT2D eigenvalue weighted by Crippen LogP contribution is 2.34. The number of hydrogen-bond acceptors (Lipinski definition) is 4. The normalized spacial score (nSPS) is 13.0. The summed E-state index contributed by atoms with van der Waals surface area (Å²) in [5.74, 6) is 0.298. The molecular weight excluding hydrogens is 387 g/mol. The fourth-order valence-electron chi connectivity index (χ4n) is 3.75. The predicted molar refractivity (Wildman–Crippen MR) is 126 cm³/mol. The van der Waals surface area contributed by atoms with Gasteiger partial charge in [-0.15, -0.1) is 0 Å². The molecule has 1 aliphatic heterocycles. The van der Waals surface area contributed by atoms with Crippen molar-refractivity contribution < 1.29 is 4.39 Å². The lowest BCUT2D eigenvalue weighted by Crippen LogP contribution is -2.19. The lowest BCUT2D eigenvalue weighted by Gasteiger charge is -2.14. The van der Waals surface area contributed by atoms with Gasteiger partial charge < -0.3 is 4.90 Å². The molecule has 0 aromatic heterocycles. The van der Waals surface area contributed by atoms with Crippen LogP contribution in [0.25, 0.3) is 10.8 Å². The van der Waals surface area contributed by atoms with E-state index in [1.807, 2.05) is 26.2 Å². The van der Waals surface area contributed by atoms with Crippen molar-refractivity contribution in [1.29, 1.82) is 0 Å². The first-order valence-corrected chi connectivity index (χ1v) is 10.1. The van der Waals surface area contributed by atoms with Gasteiger partial charge in [-0.1, -0.05) is 42.5 Å². The van der Waals surface area contributed by atoms with Gasteiger partial charge in [0.1, 0.15) is 5.82 Å². The van der Waals surface area contributed by atoms with Crippen molar-refractivity contribution in [3.63, 3.8) is 0 Å². The molecule has 0 bridgehead atoms. The molecule has 0 amide bonds. The summed E-state index contributed by atoms with van der Waals surface area (Å²) in [6, 6.07) is 26.9. The zero-order valence-corrected chi connectivity index (χ0v) is 17.3. The second kappa shape index (κ2) is 7.69. The number of anilines is 1. The number of rotatable bonds is 3. The Balaban J connectivity index is 1.71. The van der Waals surface area contributed by atoms with Crippen molar-refractivity contribution >= 4 is 33.7 Å². The molecule has 1 heterocycles. The summed E-state index contributed by atoms with van der Waals surface area (Å²) in [6.45, 7) is 0. The third-order valence-corrected chi connectivity index (χ3v) is 5.43. The molecule has 0 unspecified atom stereocenters. The molecule has 0 radical (unpaired) electrons. The topological polar surface area (TPSA) is 40.0 Å². The Morgan fingerprint density at radius 1 is 0.774 bits per heavy atom. The standard InChI is InChI=1S/C26H21FN4/c1-31(2)21-14-9-18(10-15-21)24-23-16-11-17-5-3-4-6-22(17)25(23)28-26(30-29-24)19-7-12-20(27)13-8-19/h3-16H,1-2H3,(H,28,30). The Kier molecular flexibility index (Phi) is 4.71. The van der Waals surface area contributed by atoms with Crippen LogP contribution in [0.2, 0.25) is 0 Å². The number of fused-ring (bicyclic) bond motifs is 3. The van der Waals surface area contributed by atoms with E-state index in [0.717, 1.165) is 44.5 Å². The van der Waals surface area contributed by atoms with Gasteiger partial charge in [-0.25, -0.2) is 9.38 Å². The highest BCUT2D eigenvalue weighted by molar-refractivity contribution is 6.21. The molecule has 1 N–H and O–H groups in total. The van der Waals surface area contributed by atoms with Crippen molar-refractivity contribution in [3.8, 4) is 0 Å². The summed E-state index contributed by atoms with van der Waals surface area (Å²) in [5, 5.41) is 6.87. The summed E-state index contributed by atoms with van der Waals surface area (Å²) < 4.78 is 13.5. The number of hydrogen-bond donors (Lipinski definition) is 1. The van der Waals surface area contributed by atoms with Crippen LogP contribution >= 0.6 is 0 Å². The van der Waals surface area contributed by atoms with Gasteiger partial charge in [0.25, 0.3) is 0 Å². The van der Waals surface area contributed by atoms with E-state index in [2.05, 4.69) is 58.9 Å². The average molecular weight is 408 g/mol. The Morgan fingerprint density at radius 2 is 1.48 bits per heavy atom. The van der Waals surface area contributed by atoms with Crippen LogP contribution in [0.5, 0.6) is 0 Å². The Bertz CT molecular complexity index is 1320. The fourth-order valence-corrected chi connectivity index (χ4v) is 3.75. The van der Waals surface area contributed by atoms with E-state index < -0.39 is 0 Å². The number of nitrogens with zero attached hydrogens (tertiary/aromatic N) is 3. The summed E-state index contributed by atoms with van der Waals surface area (Å²) >= 11 is 0. The van der Waals surface area contributed by atoms with Crippen LogP contribution in [0.3, 0.4) is 0 Å². The second-order valence-electron chi connectivity index (χ2n) is 7.66. The third-order valence-electron chi connectivity index (χ3n) is 5.43. The van der Waals surface area contributed by atoms with Gasteiger partial charge in [0, 0.05) is 41.9 Å². The molecule has 0 spiro atoms. The average Bonchev–Trinajstić information content (AvgIpc) is 3.00. The maximum absolute atomic E-state index is 13.5. The SMILES string of the molecule is CN(C)c1ccc(C2=NNC(c3ccc(F)cc3)=Nc3c2ccc2ccccc32)cc1. The maximum atomic E-state index is 13.5. The van der Waals surface area contributed by atoms with E-state index in [9.17, 15) is 4.39 Å². The highest BCUT2D eigenvalue weighted by Gasteiger charge is 2.19. The first kappa shape index (κ1) is 19.0. The van der Waals surface area contributed by atoms with E-state index in [1.54, 1.807) is 12.1 Å². The van der Waals surface area contributed by atoms with Crippen LogP contribution in [0.1, 0.15) is 16.7 Å². The van der Waals surface area contributed by atoms with E-state index in [4.69, 9.17) is 10.1 Å². The minimum absolute atomic E-state index is 0.283.